The van der Waals surface area contributed by atoms with E-state index in [2.05, 4.69) is 0 Å². The van der Waals surface area contributed by atoms with E-state index in [9.17, 15) is 25.9 Å². The number of rotatable bonds is 2. The first kappa shape index (κ1) is 12.8. The fourth-order valence-corrected chi connectivity index (χ4v) is 8.34. The molecule has 4 bridgehead atoms. The lowest BCUT2D eigenvalue weighted by atomic mass is 9.55. The van der Waals surface area contributed by atoms with Crippen LogP contribution in [0.4, 0.5) is 0 Å². The van der Waals surface area contributed by atoms with Gasteiger partial charge in [0.25, 0.3) is 20.2 Å². The van der Waals surface area contributed by atoms with Gasteiger partial charge < -0.3 is 0 Å². The van der Waals surface area contributed by atoms with Crippen molar-refractivity contribution in [2.75, 3.05) is 0 Å². The van der Waals surface area contributed by atoms with Crippen molar-refractivity contribution in [1.29, 1.82) is 0 Å². The Morgan fingerprint density at radius 2 is 1.39 bits per heavy atom. The lowest BCUT2D eigenvalue weighted by Gasteiger charge is -2.57. The zero-order valence-corrected chi connectivity index (χ0v) is 11.3. The third-order valence-corrected chi connectivity index (χ3v) is 8.23. The van der Waals surface area contributed by atoms with E-state index in [1.54, 1.807) is 0 Å². The first-order valence-electron chi connectivity index (χ1n) is 6.07. The average molecular weight is 296 g/mol. The molecule has 4 aliphatic carbocycles. The van der Waals surface area contributed by atoms with Gasteiger partial charge in [0.2, 0.25) is 0 Å². The molecule has 0 radical (unpaired) electrons. The smallest absolute Gasteiger partial charge is 0.272 e. The van der Waals surface area contributed by atoms with Crippen molar-refractivity contribution in [3.63, 3.8) is 0 Å². The fourth-order valence-electron chi connectivity index (χ4n) is 4.79. The summed E-state index contributed by atoms with van der Waals surface area (Å²) in [4.78, 5) is 0. The standard InChI is InChI=1S/C10H16O6S2/c11-17(12,13)9-8-2-6-1-7(3-8)5-10(9,4-6)18(14,15)16/h6-9H,1-5H2,(H,11,12,13)(H,14,15,16). The van der Waals surface area contributed by atoms with E-state index in [0.717, 1.165) is 6.42 Å². The SMILES string of the molecule is O=S(=O)(O)C1C2CC3CC(C2)CC1(S(=O)(=O)O)C3. The molecular formula is C10H16O6S2. The van der Waals surface area contributed by atoms with Gasteiger partial charge in [0.1, 0.15) is 10.00 Å². The van der Waals surface area contributed by atoms with E-state index in [0.29, 0.717) is 12.8 Å². The molecule has 0 heterocycles. The van der Waals surface area contributed by atoms with Crippen LogP contribution in [0.1, 0.15) is 32.1 Å². The highest BCUT2D eigenvalue weighted by atomic mass is 32.2. The van der Waals surface area contributed by atoms with Gasteiger partial charge in [-0.1, -0.05) is 0 Å². The van der Waals surface area contributed by atoms with Crippen LogP contribution in [0.5, 0.6) is 0 Å². The van der Waals surface area contributed by atoms with Gasteiger partial charge in [-0.05, 0) is 49.9 Å². The zero-order valence-electron chi connectivity index (χ0n) is 9.69. The summed E-state index contributed by atoms with van der Waals surface area (Å²) in [7, 11) is -8.96. The molecule has 0 amide bonds. The third-order valence-electron chi connectivity index (χ3n) is 4.99. The largest absolute Gasteiger partial charge is 0.285 e. The van der Waals surface area contributed by atoms with Crippen molar-refractivity contribution in [2.45, 2.75) is 42.1 Å². The lowest BCUT2D eigenvalue weighted by molar-refractivity contribution is 0.0317. The van der Waals surface area contributed by atoms with E-state index in [-0.39, 0.29) is 30.6 Å². The quantitative estimate of drug-likeness (QED) is 0.726. The minimum Gasteiger partial charge on any atom is -0.285 e. The Morgan fingerprint density at radius 1 is 0.889 bits per heavy atom. The Bertz CT molecular complexity index is 563. The number of hydrogen-bond acceptors (Lipinski definition) is 4. The average Bonchev–Trinajstić information content (AvgIpc) is 2.10. The van der Waals surface area contributed by atoms with E-state index in [1.807, 2.05) is 0 Å². The van der Waals surface area contributed by atoms with Gasteiger partial charge in [0, 0.05) is 0 Å². The summed E-state index contributed by atoms with van der Waals surface area (Å²) < 4.78 is 63.8. The second-order valence-corrected chi connectivity index (χ2v) is 9.38. The Kier molecular flexibility index (Phi) is 2.48. The lowest BCUT2D eigenvalue weighted by Crippen LogP contribution is -2.65. The predicted octanol–water partition coefficient (Wildman–Crippen LogP) is 0.709. The molecule has 4 fully saturated rings. The van der Waals surface area contributed by atoms with Crippen LogP contribution in [-0.2, 0) is 20.2 Å². The van der Waals surface area contributed by atoms with E-state index >= 15 is 0 Å². The van der Waals surface area contributed by atoms with Gasteiger partial charge in [-0.25, -0.2) is 0 Å². The second-order valence-electron chi connectivity index (χ2n) is 6.08. The van der Waals surface area contributed by atoms with Crippen LogP contribution >= 0.6 is 0 Å². The summed E-state index contributed by atoms with van der Waals surface area (Å²) in [6, 6.07) is 0. The molecule has 18 heavy (non-hydrogen) atoms. The van der Waals surface area contributed by atoms with Crippen molar-refractivity contribution in [2.24, 2.45) is 17.8 Å². The molecule has 0 spiro atoms. The zero-order chi connectivity index (χ0) is 13.3. The van der Waals surface area contributed by atoms with E-state index in [1.165, 1.54) is 0 Å². The monoisotopic (exact) mass is 296 g/mol. The molecule has 3 unspecified atom stereocenters. The minimum atomic E-state index is -4.49. The van der Waals surface area contributed by atoms with Crippen molar-refractivity contribution in [3.05, 3.63) is 0 Å². The van der Waals surface area contributed by atoms with Crippen molar-refractivity contribution in [1.82, 2.24) is 0 Å². The maximum Gasteiger partial charge on any atom is 0.272 e. The molecule has 6 nitrogen and oxygen atoms in total. The first-order chi connectivity index (χ1) is 8.13. The topological polar surface area (TPSA) is 109 Å². The third kappa shape index (κ3) is 1.59. The molecule has 0 aromatic rings. The molecular weight excluding hydrogens is 280 g/mol. The molecule has 0 saturated heterocycles. The second kappa shape index (κ2) is 3.47. The van der Waals surface area contributed by atoms with Crippen molar-refractivity contribution in [3.8, 4) is 0 Å². The van der Waals surface area contributed by atoms with Gasteiger partial charge in [0.05, 0.1) is 0 Å². The van der Waals surface area contributed by atoms with Crippen molar-refractivity contribution >= 4 is 20.2 Å². The van der Waals surface area contributed by atoms with E-state index in [4.69, 9.17) is 0 Å². The summed E-state index contributed by atoms with van der Waals surface area (Å²) in [5.74, 6) is -0.0296. The van der Waals surface area contributed by atoms with Crippen LogP contribution in [0.2, 0.25) is 0 Å². The summed E-state index contributed by atoms with van der Waals surface area (Å²) in [5, 5.41) is -1.35. The Morgan fingerprint density at radius 3 is 1.78 bits per heavy atom. The Labute approximate surface area is 106 Å². The molecule has 3 atom stereocenters. The van der Waals surface area contributed by atoms with Gasteiger partial charge in [-0.3, -0.25) is 9.11 Å². The summed E-state index contributed by atoms with van der Waals surface area (Å²) >= 11 is 0. The minimum absolute atomic E-state index is 0.155. The first-order valence-corrected chi connectivity index (χ1v) is 9.01. The van der Waals surface area contributed by atoms with Crippen LogP contribution in [0.3, 0.4) is 0 Å². The van der Waals surface area contributed by atoms with Gasteiger partial charge in [-0.15, -0.1) is 0 Å². The molecule has 0 aromatic heterocycles. The molecule has 4 rings (SSSR count). The fraction of sp³-hybridized carbons (Fsp3) is 1.00. The summed E-state index contributed by atoms with van der Waals surface area (Å²) in [5.41, 5.74) is 0. The molecule has 4 aliphatic rings. The van der Waals surface area contributed by atoms with E-state index < -0.39 is 30.2 Å². The van der Waals surface area contributed by atoms with Gasteiger partial charge in [0.15, 0.2) is 0 Å². The highest BCUT2D eigenvalue weighted by Crippen LogP contribution is 2.60. The molecule has 4 saturated carbocycles. The summed E-state index contributed by atoms with van der Waals surface area (Å²) in [6.07, 6.45) is 2.50. The normalized spacial score (nSPS) is 47.4. The molecule has 8 heteroatoms. The number of hydrogen-bond donors (Lipinski definition) is 2. The van der Waals surface area contributed by atoms with Crippen LogP contribution in [0.15, 0.2) is 0 Å². The van der Waals surface area contributed by atoms with Crippen LogP contribution < -0.4 is 0 Å². The predicted molar refractivity (Wildman–Crippen MR) is 63.2 cm³/mol. The van der Waals surface area contributed by atoms with Crippen molar-refractivity contribution < 1.29 is 25.9 Å². The molecule has 2 N–H and O–H groups in total. The highest BCUT2D eigenvalue weighted by Gasteiger charge is 2.66. The molecule has 0 aromatic carbocycles. The highest BCUT2D eigenvalue weighted by molar-refractivity contribution is 7.91. The maximum absolute atomic E-state index is 11.7. The van der Waals surface area contributed by atoms with Crippen LogP contribution in [0, 0.1) is 17.8 Å². The van der Waals surface area contributed by atoms with Crippen LogP contribution in [0.25, 0.3) is 0 Å². The Hall–Kier alpha value is -0.180. The molecule has 104 valence electrons. The van der Waals surface area contributed by atoms with Gasteiger partial charge >= 0.3 is 0 Å². The molecule has 0 aliphatic heterocycles. The maximum atomic E-state index is 11.7. The Balaban J connectivity index is 2.19. The summed E-state index contributed by atoms with van der Waals surface area (Å²) in [6.45, 7) is 0. The van der Waals surface area contributed by atoms with Crippen LogP contribution in [-0.4, -0.2) is 35.9 Å². The van der Waals surface area contributed by atoms with Gasteiger partial charge in [-0.2, -0.15) is 16.8 Å².